The molecule has 3 aromatic rings. The van der Waals surface area contributed by atoms with Crippen LogP contribution in [0.5, 0.6) is 0 Å². The third kappa shape index (κ3) is 3.13. The monoisotopic (exact) mass is 345 g/mol. The molecule has 0 aliphatic heterocycles. The SMILES string of the molecule is COCc1nc(CSc2nnc3c(Cl)cc(Cl)cn23)no1. The first kappa shape index (κ1) is 14.6. The molecule has 0 amide bonds. The molecule has 0 aliphatic carbocycles. The minimum atomic E-state index is 0.288. The van der Waals surface area contributed by atoms with Crippen molar-refractivity contribution >= 4 is 40.6 Å². The summed E-state index contributed by atoms with van der Waals surface area (Å²) in [6.45, 7) is 0.288. The van der Waals surface area contributed by atoms with Gasteiger partial charge in [-0.25, -0.2) is 0 Å². The first-order chi connectivity index (χ1) is 10.2. The molecular weight excluding hydrogens is 337 g/mol. The Labute approximate surface area is 133 Å². The fraction of sp³-hybridized carbons (Fsp3) is 0.273. The average molecular weight is 346 g/mol. The number of hydrogen-bond donors (Lipinski definition) is 0. The van der Waals surface area contributed by atoms with Crippen molar-refractivity contribution in [2.45, 2.75) is 17.5 Å². The summed E-state index contributed by atoms with van der Waals surface area (Å²) >= 11 is 13.4. The fourth-order valence-corrected chi connectivity index (χ4v) is 2.92. The van der Waals surface area contributed by atoms with Crippen molar-refractivity contribution in [1.82, 2.24) is 24.7 Å². The van der Waals surface area contributed by atoms with Crippen LogP contribution in [0.3, 0.4) is 0 Å². The molecular formula is C11H9Cl2N5O2S. The van der Waals surface area contributed by atoms with Gasteiger partial charge in [-0.05, 0) is 6.07 Å². The maximum Gasteiger partial charge on any atom is 0.252 e. The van der Waals surface area contributed by atoms with Gasteiger partial charge in [0.2, 0.25) is 0 Å². The summed E-state index contributed by atoms with van der Waals surface area (Å²) in [5.74, 6) is 1.47. The lowest BCUT2D eigenvalue weighted by molar-refractivity contribution is 0.151. The van der Waals surface area contributed by atoms with E-state index in [4.69, 9.17) is 32.5 Å². The van der Waals surface area contributed by atoms with E-state index in [1.807, 2.05) is 0 Å². The minimum Gasteiger partial charge on any atom is -0.375 e. The number of hydrogen-bond acceptors (Lipinski definition) is 7. The predicted molar refractivity (Wildman–Crippen MR) is 77.6 cm³/mol. The Balaban J connectivity index is 1.78. The normalized spacial score (nSPS) is 11.4. The Morgan fingerprint density at radius 2 is 2.24 bits per heavy atom. The van der Waals surface area contributed by atoms with Crippen molar-refractivity contribution in [1.29, 1.82) is 0 Å². The Hall–Kier alpha value is -1.35. The zero-order valence-electron chi connectivity index (χ0n) is 10.8. The van der Waals surface area contributed by atoms with E-state index in [0.717, 1.165) is 0 Å². The van der Waals surface area contributed by atoms with E-state index in [0.29, 0.717) is 38.3 Å². The lowest BCUT2D eigenvalue weighted by Gasteiger charge is -1.99. The summed E-state index contributed by atoms with van der Waals surface area (Å²) < 4.78 is 11.7. The molecule has 10 heteroatoms. The topological polar surface area (TPSA) is 78.3 Å². The van der Waals surface area contributed by atoms with Crippen LogP contribution in [0.15, 0.2) is 21.9 Å². The maximum atomic E-state index is 6.06. The maximum absolute atomic E-state index is 6.06. The average Bonchev–Trinajstić information content (AvgIpc) is 3.04. The highest BCUT2D eigenvalue weighted by Gasteiger charge is 2.12. The molecule has 3 aromatic heterocycles. The number of halogens is 2. The summed E-state index contributed by atoms with van der Waals surface area (Å²) in [7, 11) is 1.56. The summed E-state index contributed by atoms with van der Waals surface area (Å²) in [5, 5.41) is 13.6. The summed E-state index contributed by atoms with van der Waals surface area (Å²) in [6, 6.07) is 1.62. The number of rotatable bonds is 5. The van der Waals surface area contributed by atoms with Crippen LogP contribution in [0.1, 0.15) is 11.7 Å². The van der Waals surface area contributed by atoms with E-state index in [-0.39, 0.29) is 6.61 Å². The Morgan fingerprint density at radius 1 is 1.38 bits per heavy atom. The van der Waals surface area contributed by atoms with Gasteiger partial charge in [0.1, 0.15) is 6.61 Å². The number of pyridine rings is 1. The van der Waals surface area contributed by atoms with Crippen molar-refractivity contribution in [2.24, 2.45) is 0 Å². The highest BCUT2D eigenvalue weighted by Crippen LogP contribution is 2.26. The van der Waals surface area contributed by atoms with E-state index in [2.05, 4.69) is 20.3 Å². The number of thioether (sulfide) groups is 1. The fourth-order valence-electron chi connectivity index (χ4n) is 1.66. The van der Waals surface area contributed by atoms with E-state index < -0.39 is 0 Å². The molecule has 110 valence electrons. The Bertz CT molecular complexity index is 775. The molecule has 0 saturated heterocycles. The van der Waals surface area contributed by atoms with Crippen molar-refractivity contribution in [3.63, 3.8) is 0 Å². The van der Waals surface area contributed by atoms with Crippen LogP contribution in [0, 0.1) is 0 Å². The molecule has 7 nitrogen and oxygen atoms in total. The lowest BCUT2D eigenvalue weighted by Crippen LogP contribution is -1.91. The van der Waals surface area contributed by atoms with E-state index >= 15 is 0 Å². The van der Waals surface area contributed by atoms with Crippen LogP contribution < -0.4 is 0 Å². The quantitative estimate of drug-likeness (QED) is 0.657. The number of fused-ring (bicyclic) bond motifs is 1. The van der Waals surface area contributed by atoms with Gasteiger partial charge in [0, 0.05) is 13.3 Å². The molecule has 0 bridgehead atoms. The second-order valence-corrected chi connectivity index (χ2v) is 5.79. The van der Waals surface area contributed by atoms with Gasteiger partial charge >= 0.3 is 0 Å². The Kier molecular flexibility index (Phi) is 4.29. The molecule has 0 saturated carbocycles. The number of methoxy groups -OCH3 is 1. The van der Waals surface area contributed by atoms with Gasteiger partial charge in [-0.2, -0.15) is 4.98 Å². The van der Waals surface area contributed by atoms with Crippen LogP contribution in [-0.2, 0) is 17.1 Å². The molecule has 0 fully saturated rings. The number of aromatic nitrogens is 5. The predicted octanol–water partition coefficient (Wildman–Crippen LogP) is 2.86. The zero-order chi connectivity index (χ0) is 14.8. The third-order valence-corrected chi connectivity index (χ3v) is 3.93. The van der Waals surface area contributed by atoms with Gasteiger partial charge in [-0.15, -0.1) is 10.2 Å². The summed E-state index contributed by atoms with van der Waals surface area (Å²) in [5.41, 5.74) is 0.553. The van der Waals surface area contributed by atoms with Crippen LogP contribution in [0.25, 0.3) is 5.65 Å². The largest absolute Gasteiger partial charge is 0.375 e. The van der Waals surface area contributed by atoms with Crippen molar-refractivity contribution < 1.29 is 9.26 Å². The summed E-state index contributed by atoms with van der Waals surface area (Å²) in [4.78, 5) is 4.18. The second kappa shape index (κ2) is 6.18. The van der Waals surface area contributed by atoms with E-state index in [1.54, 1.807) is 23.8 Å². The number of nitrogens with zero attached hydrogens (tertiary/aromatic N) is 5. The van der Waals surface area contributed by atoms with Gasteiger partial charge in [0.15, 0.2) is 16.6 Å². The molecule has 0 spiro atoms. The first-order valence-electron chi connectivity index (χ1n) is 5.80. The number of ether oxygens (including phenoxy) is 1. The van der Waals surface area contributed by atoms with Crippen LogP contribution in [0.2, 0.25) is 10.0 Å². The first-order valence-corrected chi connectivity index (χ1v) is 7.54. The molecule has 0 aromatic carbocycles. The van der Waals surface area contributed by atoms with E-state index in [1.165, 1.54) is 11.8 Å². The van der Waals surface area contributed by atoms with Crippen LogP contribution >= 0.6 is 35.0 Å². The molecule has 3 rings (SSSR count). The molecule has 0 unspecified atom stereocenters. The van der Waals surface area contributed by atoms with Gasteiger partial charge in [0.05, 0.1) is 15.8 Å². The second-order valence-electron chi connectivity index (χ2n) is 4.01. The van der Waals surface area contributed by atoms with Gasteiger partial charge < -0.3 is 9.26 Å². The molecule has 3 heterocycles. The molecule has 0 radical (unpaired) electrons. The lowest BCUT2D eigenvalue weighted by atomic mass is 10.5. The van der Waals surface area contributed by atoms with Crippen LogP contribution in [0.4, 0.5) is 0 Å². The highest BCUT2D eigenvalue weighted by atomic mass is 35.5. The smallest absolute Gasteiger partial charge is 0.252 e. The molecule has 0 atom stereocenters. The highest BCUT2D eigenvalue weighted by molar-refractivity contribution is 7.98. The zero-order valence-corrected chi connectivity index (χ0v) is 13.1. The van der Waals surface area contributed by atoms with Crippen molar-refractivity contribution in [3.8, 4) is 0 Å². The standard InChI is InChI=1S/C11H9Cl2N5O2S/c1-19-4-9-14-8(17-20-9)5-21-11-16-15-10-7(13)2-6(12)3-18(10)11/h2-3H,4-5H2,1H3. The van der Waals surface area contributed by atoms with Crippen molar-refractivity contribution in [3.05, 3.63) is 34.0 Å². The van der Waals surface area contributed by atoms with Gasteiger partial charge in [-0.3, -0.25) is 4.40 Å². The van der Waals surface area contributed by atoms with Crippen LogP contribution in [-0.4, -0.2) is 31.8 Å². The third-order valence-electron chi connectivity index (χ3n) is 2.50. The molecule has 0 N–H and O–H groups in total. The molecule has 21 heavy (non-hydrogen) atoms. The van der Waals surface area contributed by atoms with Gasteiger partial charge in [-0.1, -0.05) is 40.1 Å². The van der Waals surface area contributed by atoms with Crippen molar-refractivity contribution in [2.75, 3.05) is 7.11 Å². The minimum absolute atomic E-state index is 0.288. The van der Waals surface area contributed by atoms with E-state index in [9.17, 15) is 0 Å². The molecule has 0 aliphatic rings. The summed E-state index contributed by atoms with van der Waals surface area (Å²) in [6.07, 6.45) is 1.71. The van der Waals surface area contributed by atoms with Gasteiger partial charge in [0.25, 0.3) is 5.89 Å². The Morgan fingerprint density at radius 3 is 3.05 bits per heavy atom.